The number of aromatic amines is 1. The van der Waals surface area contributed by atoms with Crippen LogP contribution in [0.4, 0.5) is 5.95 Å². The van der Waals surface area contributed by atoms with E-state index in [0.717, 1.165) is 0 Å². The van der Waals surface area contributed by atoms with Crippen molar-refractivity contribution in [1.29, 1.82) is 0 Å². The summed E-state index contributed by atoms with van der Waals surface area (Å²) >= 11 is 6.13. The van der Waals surface area contributed by atoms with Gasteiger partial charge >= 0.3 is 5.28 Å². The largest absolute Gasteiger partial charge is 0.400 e. The smallest absolute Gasteiger partial charge is 0.394 e. The van der Waals surface area contributed by atoms with Gasteiger partial charge in [-0.25, -0.2) is 0 Å². The Kier molecular flexibility index (Phi) is 3.47. The van der Waals surface area contributed by atoms with Crippen molar-refractivity contribution in [3.05, 3.63) is 11.5 Å². The zero-order valence-corrected chi connectivity index (χ0v) is 11.5. The van der Waals surface area contributed by atoms with Crippen molar-refractivity contribution in [3.63, 3.8) is 0 Å². The summed E-state index contributed by atoms with van der Waals surface area (Å²) in [7, 11) is 1.75. The summed E-state index contributed by atoms with van der Waals surface area (Å²) in [5, 5.41) is 22.0. The van der Waals surface area contributed by atoms with E-state index >= 15 is 0 Å². The van der Waals surface area contributed by atoms with Gasteiger partial charge in [0, 0.05) is 25.1 Å². The Morgan fingerprint density at radius 3 is 3.05 bits per heavy atom. The molecule has 0 amide bonds. The summed E-state index contributed by atoms with van der Waals surface area (Å²) < 4.78 is 7.17. The molecule has 3 heterocycles. The molecule has 0 aromatic carbocycles. The third-order valence-electron chi connectivity index (χ3n) is 3.32. The monoisotopic (exact) mass is 300 g/mol. The molecule has 108 valence electrons. The minimum Gasteiger partial charge on any atom is -0.394 e. The van der Waals surface area contributed by atoms with Crippen LogP contribution in [0.15, 0.2) is 6.20 Å². The number of imidazole rings is 1. The molecule has 0 bridgehead atoms. The van der Waals surface area contributed by atoms with Crippen molar-refractivity contribution in [2.45, 2.75) is 24.9 Å². The van der Waals surface area contributed by atoms with Gasteiger partial charge in [-0.15, -0.1) is 0 Å². The lowest BCUT2D eigenvalue weighted by atomic mass is 10.2. The first-order valence-electron chi connectivity index (χ1n) is 6.22. The number of nitrogens with zero attached hydrogens (tertiary/aromatic N) is 3. The Hall–Kier alpha value is -1.48. The maximum atomic E-state index is 9.78. The van der Waals surface area contributed by atoms with Gasteiger partial charge in [0.2, 0.25) is 12.2 Å². The number of halogens is 1. The van der Waals surface area contributed by atoms with E-state index in [1.165, 1.54) is 0 Å². The highest BCUT2D eigenvalue weighted by molar-refractivity contribution is 6.27. The Balaban J connectivity index is 1.97. The number of hydrogen-bond donors (Lipinski definition) is 4. The zero-order chi connectivity index (χ0) is 14.3. The number of ether oxygens (including phenoxy) is 1. The van der Waals surface area contributed by atoms with Gasteiger partial charge in [-0.1, -0.05) is 0 Å². The van der Waals surface area contributed by atoms with Crippen molar-refractivity contribution >= 4 is 28.7 Å². The van der Waals surface area contributed by atoms with Gasteiger partial charge in [-0.05, 0) is 4.98 Å². The van der Waals surface area contributed by atoms with Gasteiger partial charge < -0.3 is 25.3 Å². The highest BCUT2D eigenvalue weighted by Crippen LogP contribution is 2.26. The second kappa shape index (κ2) is 5.13. The van der Waals surface area contributed by atoms with E-state index in [4.69, 9.17) is 21.4 Å². The van der Waals surface area contributed by atoms with E-state index in [2.05, 4.69) is 20.3 Å². The minimum atomic E-state index is -0.723. The third kappa shape index (κ3) is 2.20. The molecule has 1 aliphatic rings. The molecule has 3 rings (SSSR count). The fourth-order valence-electron chi connectivity index (χ4n) is 2.26. The number of aromatic nitrogens is 4. The number of aliphatic hydroxyl groups is 2. The number of hydrogen-bond acceptors (Lipinski definition) is 6. The van der Waals surface area contributed by atoms with Gasteiger partial charge in [0.25, 0.3) is 5.65 Å². The lowest BCUT2D eigenvalue weighted by Crippen LogP contribution is -2.41. The van der Waals surface area contributed by atoms with Gasteiger partial charge in [0.05, 0.1) is 12.7 Å². The first-order valence-corrected chi connectivity index (χ1v) is 6.59. The van der Waals surface area contributed by atoms with Crippen LogP contribution < -0.4 is 9.88 Å². The maximum Gasteiger partial charge on any atom is 0.400 e. The molecule has 9 heteroatoms. The molecule has 2 aromatic rings. The van der Waals surface area contributed by atoms with Crippen LogP contribution >= 0.6 is 11.6 Å². The average Bonchev–Trinajstić information content (AvgIpc) is 3.00. The number of rotatable bonds is 3. The lowest BCUT2D eigenvalue weighted by molar-refractivity contribution is -0.758. The molecule has 0 aliphatic carbocycles. The Morgan fingerprint density at radius 1 is 1.60 bits per heavy atom. The third-order valence-corrected chi connectivity index (χ3v) is 3.60. The quantitative estimate of drug-likeness (QED) is 0.453. The second-order valence-corrected chi connectivity index (χ2v) is 4.94. The SMILES string of the molecule is CNc1nc2nc(Cl)[n+](C3C[C@H](O)[C@@H](CO)O3)cc2[nH]1. The van der Waals surface area contributed by atoms with E-state index < -0.39 is 18.4 Å². The number of fused-ring (bicyclic) bond motifs is 1. The molecular weight excluding hydrogens is 286 g/mol. The fraction of sp³-hybridized carbons (Fsp3) is 0.545. The number of nitrogens with one attached hydrogen (secondary N) is 2. The summed E-state index contributed by atoms with van der Waals surface area (Å²) in [5.41, 5.74) is 1.19. The molecule has 8 nitrogen and oxygen atoms in total. The van der Waals surface area contributed by atoms with E-state index in [1.807, 2.05) is 0 Å². The first-order chi connectivity index (χ1) is 9.62. The van der Waals surface area contributed by atoms with Gasteiger partial charge in [-0.2, -0.15) is 9.55 Å². The van der Waals surface area contributed by atoms with Crippen LogP contribution in [0.25, 0.3) is 11.2 Å². The fourth-order valence-corrected chi connectivity index (χ4v) is 2.50. The Labute approximate surface area is 119 Å². The molecule has 1 saturated heterocycles. The van der Waals surface area contributed by atoms with Crippen LogP contribution in [-0.4, -0.2) is 51.0 Å². The topological polar surface area (TPSA) is 107 Å². The van der Waals surface area contributed by atoms with Crippen LogP contribution in [0.5, 0.6) is 0 Å². The van der Waals surface area contributed by atoms with E-state index in [1.54, 1.807) is 17.8 Å². The zero-order valence-electron chi connectivity index (χ0n) is 10.7. The van der Waals surface area contributed by atoms with E-state index in [9.17, 15) is 5.11 Å². The Morgan fingerprint density at radius 2 is 2.40 bits per heavy atom. The highest BCUT2D eigenvalue weighted by Gasteiger charge is 2.38. The molecule has 2 aromatic heterocycles. The van der Waals surface area contributed by atoms with Crippen molar-refractivity contribution in [2.75, 3.05) is 19.0 Å². The number of anilines is 1. The van der Waals surface area contributed by atoms with Crippen molar-refractivity contribution in [3.8, 4) is 0 Å². The van der Waals surface area contributed by atoms with Crippen LogP contribution in [0, 0.1) is 0 Å². The number of H-pyrrole nitrogens is 1. The summed E-state index contributed by atoms with van der Waals surface area (Å²) in [6.07, 6.45) is 0.284. The predicted octanol–water partition coefficient (Wildman–Crippen LogP) is -0.419. The maximum absolute atomic E-state index is 9.78. The molecule has 3 atom stereocenters. The summed E-state index contributed by atoms with van der Waals surface area (Å²) in [6.45, 7) is -0.237. The van der Waals surface area contributed by atoms with Crippen molar-refractivity contribution < 1.29 is 19.5 Å². The molecule has 20 heavy (non-hydrogen) atoms. The molecule has 4 N–H and O–H groups in total. The average molecular weight is 301 g/mol. The molecule has 1 fully saturated rings. The predicted molar refractivity (Wildman–Crippen MR) is 70.3 cm³/mol. The molecular formula is C11H15ClN5O3+. The van der Waals surface area contributed by atoms with Gasteiger partial charge in [-0.3, -0.25) is 0 Å². The lowest BCUT2D eigenvalue weighted by Gasteiger charge is -2.10. The van der Waals surface area contributed by atoms with E-state index in [-0.39, 0.29) is 11.9 Å². The molecule has 1 aliphatic heterocycles. The van der Waals surface area contributed by atoms with Gasteiger partial charge in [0.15, 0.2) is 5.52 Å². The normalized spacial score (nSPS) is 26.3. The van der Waals surface area contributed by atoms with Crippen LogP contribution in [0.3, 0.4) is 0 Å². The van der Waals surface area contributed by atoms with Crippen LogP contribution in [0.1, 0.15) is 12.6 Å². The number of aliphatic hydroxyl groups excluding tert-OH is 2. The minimum absolute atomic E-state index is 0.211. The molecule has 0 spiro atoms. The van der Waals surface area contributed by atoms with Crippen LogP contribution in [-0.2, 0) is 4.74 Å². The van der Waals surface area contributed by atoms with Crippen LogP contribution in [0.2, 0.25) is 5.28 Å². The summed E-state index contributed by atoms with van der Waals surface area (Å²) in [4.78, 5) is 11.4. The first kappa shape index (κ1) is 13.5. The Bertz CT molecular complexity index is 634. The molecule has 0 saturated carbocycles. The van der Waals surface area contributed by atoms with E-state index in [0.29, 0.717) is 23.5 Å². The summed E-state index contributed by atoms with van der Waals surface area (Å²) in [5.74, 6) is 0.585. The van der Waals surface area contributed by atoms with Crippen molar-refractivity contribution in [2.24, 2.45) is 0 Å². The summed E-state index contributed by atoms with van der Waals surface area (Å²) in [6, 6.07) is 0. The van der Waals surface area contributed by atoms with Gasteiger partial charge in [0.1, 0.15) is 12.3 Å². The highest BCUT2D eigenvalue weighted by atomic mass is 35.5. The standard InChI is InChI=1S/C11H14ClN5O3/c1-13-11-14-5-3-17(10(12)15-9(5)16-11)8-2-6(19)7(4-18)20-8/h3,6-8,18-19H,2,4H2,1H3,(H,13,14)/p+1/t6-,7+,8?/m0/s1. The second-order valence-electron chi connectivity index (χ2n) is 4.60. The molecule has 0 radical (unpaired) electrons. The molecule has 1 unspecified atom stereocenters. The van der Waals surface area contributed by atoms with Crippen molar-refractivity contribution in [1.82, 2.24) is 15.0 Å².